The minimum absolute atomic E-state index is 0.0272. The zero-order valence-corrected chi connectivity index (χ0v) is 10.3. The molecular formula is C11H9IN2O. The molecule has 3 nitrogen and oxygen atoms in total. The largest absolute Gasteiger partial charge is 0.287 e. The summed E-state index contributed by atoms with van der Waals surface area (Å²) in [5.74, 6) is -0.0272. The van der Waals surface area contributed by atoms with Crippen LogP contribution >= 0.6 is 22.6 Å². The highest BCUT2D eigenvalue weighted by Gasteiger charge is 2.13. The molecular weight excluding hydrogens is 303 g/mol. The van der Waals surface area contributed by atoms with Crippen LogP contribution in [0.1, 0.15) is 16.1 Å². The summed E-state index contributed by atoms with van der Waals surface area (Å²) < 4.78 is 2.58. The summed E-state index contributed by atoms with van der Waals surface area (Å²) in [6.07, 6.45) is 1.77. The van der Waals surface area contributed by atoms with E-state index >= 15 is 0 Å². The van der Waals surface area contributed by atoms with Gasteiger partial charge in [-0.15, -0.1) is 0 Å². The lowest BCUT2D eigenvalue weighted by atomic mass is 10.1. The van der Waals surface area contributed by atoms with Crippen LogP contribution < -0.4 is 0 Å². The second-order valence-corrected chi connectivity index (χ2v) is 4.35. The molecule has 0 bridgehead atoms. The zero-order chi connectivity index (χ0) is 10.8. The van der Waals surface area contributed by atoms with E-state index in [2.05, 4.69) is 27.7 Å². The summed E-state index contributed by atoms with van der Waals surface area (Å²) in [6, 6.07) is 9.23. The van der Waals surface area contributed by atoms with E-state index in [1.54, 1.807) is 24.0 Å². The van der Waals surface area contributed by atoms with Gasteiger partial charge in [0.2, 0.25) is 5.78 Å². The Hall–Kier alpha value is -1.17. The van der Waals surface area contributed by atoms with E-state index in [1.807, 2.05) is 24.3 Å². The van der Waals surface area contributed by atoms with Gasteiger partial charge in [-0.1, -0.05) is 12.1 Å². The Labute approximate surface area is 101 Å². The van der Waals surface area contributed by atoms with Crippen LogP contribution in [0.15, 0.2) is 36.5 Å². The van der Waals surface area contributed by atoms with Gasteiger partial charge in [-0.25, -0.2) is 0 Å². The summed E-state index contributed by atoms with van der Waals surface area (Å²) >= 11 is 2.15. The lowest BCUT2D eigenvalue weighted by Gasteiger charge is -1.99. The van der Waals surface area contributed by atoms with Crippen molar-refractivity contribution in [1.82, 2.24) is 9.78 Å². The van der Waals surface area contributed by atoms with Crippen molar-refractivity contribution in [3.8, 4) is 0 Å². The molecule has 2 rings (SSSR count). The molecule has 0 aliphatic heterocycles. The van der Waals surface area contributed by atoms with E-state index in [4.69, 9.17) is 0 Å². The Morgan fingerprint density at radius 3 is 2.67 bits per heavy atom. The molecule has 0 aliphatic rings. The molecule has 1 aromatic heterocycles. The molecule has 1 heterocycles. The molecule has 15 heavy (non-hydrogen) atoms. The van der Waals surface area contributed by atoms with E-state index in [0.29, 0.717) is 11.3 Å². The number of nitrogens with zero attached hydrogens (tertiary/aromatic N) is 2. The van der Waals surface area contributed by atoms with Crippen LogP contribution in [0.4, 0.5) is 0 Å². The predicted octanol–water partition coefficient (Wildman–Crippen LogP) is 2.26. The maximum Gasteiger partial charge on any atom is 0.214 e. The van der Waals surface area contributed by atoms with Gasteiger partial charge in [0, 0.05) is 22.4 Å². The van der Waals surface area contributed by atoms with Gasteiger partial charge in [0.15, 0.2) is 0 Å². The smallest absolute Gasteiger partial charge is 0.214 e. The number of rotatable bonds is 2. The molecule has 0 fully saturated rings. The van der Waals surface area contributed by atoms with Crippen molar-refractivity contribution < 1.29 is 4.79 Å². The van der Waals surface area contributed by atoms with Gasteiger partial charge in [0.05, 0.1) is 0 Å². The van der Waals surface area contributed by atoms with Gasteiger partial charge >= 0.3 is 0 Å². The lowest BCUT2D eigenvalue weighted by Crippen LogP contribution is -2.05. The molecule has 0 saturated carbocycles. The first-order chi connectivity index (χ1) is 7.18. The highest BCUT2D eigenvalue weighted by atomic mass is 127. The van der Waals surface area contributed by atoms with Crippen molar-refractivity contribution in [3.05, 3.63) is 51.4 Å². The molecule has 0 aliphatic carbocycles. The molecule has 0 spiro atoms. The molecule has 0 N–H and O–H groups in total. The van der Waals surface area contributed by atoms with Crippen LogP contribution in [0.2, 0.25) is 0 Å². The molecule has 4 heteroatoms. The van der Waals surface area contributed by atoms with Crippen LogP contribution in [0.5, 0.6) is 0 Å². The SMILES string of the molecule is Cn1ccc(C(=O)c2ccccc2I)n1. The first-order valence-electron chi connectivity index (χ1n) is 4.47. The number of halogens is 1. The van der Waals surface area contributed by atoms with E-state index in [0.717, 1.165) is 3.57 Å². The van der Waals surface area contributed by atoms with Gasteiger partial charge in [-0.2, -0.15) is 5.10 Å². The topological polar surface area (TPSA) is 34.9 Å². The van der Waals surface area contributed by atoms with E-state index < -0.39 is 0 Å². The molecule has 2 aromatic rings. The average molecular weight is 312 g/mol. The van der Waals surface area contributed by atoms with E-state index in [-0.39, 0.29) is 5.78 Å². The summed E-state index contributed by atoms with van der Waals surface area (Å²) in [4.78, 5) is 12.0. The Bertz CT molecular complexity index is 505. The Kier molecular flexibility index (Phi) is 2.86. The minimum Gasteiger partial charge on any atom is -0.287 e. The number of ketones is 1. The third-order valence-corrected chi connectivity index (χ3v) is 3.01. The minimum atomic E-state index is -0.0272. The molecule has 0 saturated heterocycles. The number of hydrogen-bond acceptors (Lipinski definition) is 2. The monoisotopic (exact) mass is 312 g/mol. The maximum atomic E-state index is 12.0. The molecule has 0 unspecified atom stereocenters. The summed E-state index contributed by atoms with van der Waals surface area (Å²) in [7, 11) is 1.80. The highest BCUT2D eigenvalue weighted by Crippen LogP contribution is 2.15. The van der Waals surface area contributed by atoms with Gasteiger partial charge in [-0.05, 0) is 40.8 Å². The molecule has 1 aromatic carbocycles. The molecule has 0 radical (unpaired) electrons. The van der Waals surface area contributed by atoms with Gasteiger partial charge < -0.3 is 0 Å². The second kappa shape index (κ2) is 4.14. The average Bonchev–Trinajstić information content (AvgIpc) is 2.65. The van der Waals surface area contributed by atoms with Crippen molar-refractivity contribution in [2.24, 2.45) is 7.05 Å². The Balaban J connectivity index is 2.41. The molecule has 76 valence electrons. The molecule has 0 amide bonds. The number of carbonyl (C=O) groups excluding carboxylic acids is 1. The van der Waals surface area contributed by atoms with E-state index in [1.165, 1.54) is 0 Å². The van der Waals surface area contributed by atoms with Gasteiger partial charge in [-0.3, -0.25) is 9.48 Å². The lowest BCUT2D eigenvalue weighted by molar-refractivity contribution is 0.103. The number of carbonyl (C=O) groups is 1. The first kappa shape index (κ1) is 10.4. The van der Waals surface area contributed by atoms with Crippen LogP contribution in [0.25, 0.3) is 0 Å². The number of hydrogen-bond donors (Lipinski definition) is 0. The fourth-order valence-electron chi connectivity index (χ4n) is 1.32. The summed E-state index contributed by atoms with van der Waals surface area (Å²) in [5.41, 5.74) is 1.19. The second-order valence-electron chi connectivity index (χ2n) is 3.18. The summed E-state index contributed by atoms with van der Waals surface area (Å²) in [5, 5.41) is 4.09. The third kappa shape index (κ3) is 2.09. The van der Waals surface area contributed by atoms with Gasteiger partial charge in [0.1, 0.15) is 5.69 Å². The first-order valence-corrected chi connectivity index (χ1v) is 5.55. The van der Waals surface area contributed by atoms with Crippen molar-refractivity contribution >= 4 is 28.4 Å². The highest BCUT2D eigenvalue weighted by molar-refractivity contribution is 14.1. The Morgan fingerprint density at radius 2 is 2.07 bits per heavy atom. The van der Waals surface area contributed by atoms with Crippen molar-refractivity contribution in [2.75, 3.05) is 0 Å². The van der Waals surface area contributed by atoms with Crippen molar-refractivity contribution in [3.63, 3.8) is 0 Å². The fraction of sp³-hybridized carbons (Fsp3) is 0.0909. The normalized spacial score (nSPS) is 10.3. The van der Waals surface area contributed by atoms with E-state index in [9.17, 15) is 4.79 Å². The summed E-state index contributed by atoms with van der Waals surface area (Å²) in [6.45, 7) is 0. The van der Waals surface area contributed by atoms with Crippen LogP contribution in [-0.4, -0.2) is 15.6 Å². The standard InChI is InChI=1S/C11H9IN2O/c1-14-7-6-10(13-14)11(15)8-4-2-3-5-9(8)12/h2-7H,1H3. The number of benzene rings is 1. The fourth-order valence-corrected chi connectivity index (χ4v) is 1.95. The van der Waals surface area contributed by atoms with Crippen molar-refractivity contribution in [1.29, 1.82) is 0 Å². The number of aryl methyl sites for hydroxylation is 1. The number of aromatic nitrogens is 2. The van der Waals surface area contributed by atoms with Crippen LogP contribution in [0, 0.1) is 3.57 Å². The van der Waals surface area contributed by atoms with Gasteiger partial charge in [0.25, 0.3) is 0 Å². The maximum absolute atomic E-state index is 12.0. The quantitative estimate of drug-likeness (QED) is 0.630. The predicted molar refractivity (Wildman–Crippen MR) is 65.8 cm³/mol. The molecule has 0 atom stereocenters. The van der Waals surface area contributed by atoms with Crippen LogP contribution in [-0.2, 0) is 7.05 Å². The third-order valence-electron chi connectivity index (χ3n) is 2.06. The zero-order valence-electron chi connectivity index (χ0n) is 8.14. The van der Waals surface area contributed by atoms with Crippen LogP contribution in [0.3, 0.4) is 0 Å². The Morgan fingerprint density at radius 1 is 1.33 bits per heavy atom. The van der Waals surface area contributed by atoms with Crippen molar-refractivity contribution in [2.45, 2.75) is 0 Å².